The first-order chi connectivity index (χ1) is 8.54. The van der Waals surface area contributed by atoms with Crippen LogP contribution in [0.1, 0.15) is 23.2 Å². The number of amides is 1. The molecule has 5 heteroatoms. The molecular formula is C13H17BrN2O2. The second kappa shape index (κ2) is 5.28. The molecule has 0 aliphatic heterocycles. The van der Waals surface area contributed by atoms with Crippen LogP contribution >= 0.6 is 15.9 Å². The molecule has 4 nitrogen and oxygen atoms in total. The zero-order valence-electron chi connectivity index (χ0n) is 10.3. The summed E-state index contributed by atoms with van der Waals surface area (Å²) < 4.78 is 0.771. The van der Waals surface area contributed by atoms with Crippen LogP contribution in [-0.4, -0.2) is 35.5 Å². The fourth-order valence-electron chi connectivity index (χ4n) is 2.17. The van der Waals surface area contributed by atoms with Gasteiger partial charge in [-0.2, -0.15) is 0 Å². The Morgan fingerprint density at radius 1 is 1.61 bits per heavy atom. The Morgan fingerprint density at radius 2 is 2.28 bits per heavy atom. The van der Waals surface area contributed by atoms with Crippen molar-refractivity contribution in [1.82, 2.24) is 4.90 Å². The molecule has 2 rings (SSSR count). The first-order valence-corrected chi connectivity index (χ1v) is 6.79. The second-order valence-corrected chi connectivity index (χ2v) is 5.63. The number of hydrogen-bond donors (Lipinski definition) is 2. The van der Waals surface area contributed by atoms with Crippen LogP contribution in [0.2, 0.25) is 0 Å². The Kier molecular flexibility index (Phi) is 3.92. The lowest BCUT2D eigenvalue weighted by Crippen LogP contribution is -2.43. The molecule has 0 radical (unpaired) electrons. The van der Waals surface area contributed by atoms with Crippen LogP contribution in [0.3, 0.4) is 0 Å². The Morgan fingerprint density at radius 3 is 2.83 bits per heavy atom. The zero-order valence-corrected chi connectivity index (χ0v) is 11.9. The largest absolute Gasteiger partial charge is 0.507 e. The lowest BCUT2D eigenvalue weighted by atomic mass is 10.1. The molecule has 1 aromatic carbocycles. The van der Waals surface area contributed by atoms with Crippen LogP contribution in [0.25, 0.3) is 0 Å². The average molecular weight is 313 g/mol. The molecule has 18 heavy (non-hydrogen) atoms. The molecule has 0 heterocycles. The molecule has 1 atom stereocenters. The molecular weight excluding hydrogens is 296 g/mol. The lowest BCUT2D eigenvalue weighted by Gasteiger charge is -2.27. The summed E-state index contributed by atoms with van der Waals surface area (Å²) >= 11 is 3.30. The van der Waals surface area contributed by atoms with Crippen LogP contribution in [-0.2, 0) is 0 Å². The van der Waals surface area contributed by atoms with Crippen molar-refractivity contribution < 1.29 is 9.90 Å². The van der Waals surface area contributed by atoms with Crippen molar-refractivity contribution in [2.75, 3.05) is 13.6 Å². The van der Waals surface area contributed by atoms with Crippen LogP contribution in [0.15, 0.2) is 22.7 Å². The summed E-state index contributed by atoms with van der Waals surface area (Å²) in [4.78, 5) is 14.0. The Bertz CT molecular complexity index is 460. The minimum absolute atomic E-state index is 0.00150. The van der Waals surface area contributed by atoms with Crippen molar-refractivity contribution in [3.63, 3.8) is 0 Å². The van der Waals surface area contributed by atoms with E-state index >= 15 is 0 Å². The van der Waals surface area contributed by atoms with E-state index in [9.17, 15) is 9.90 Å². The summed E-state index contributed by atoms with van der Waals surface area (Å²) in [6, 6.07) is 4.91. The number of nitrogens with zero attached hydrogens (tertiary/aromatic N) is 1. The van der Waals surface area contributed by atoms with E-state index in [1.165, 1.54) is 6.07 Å². The maximum Gasteiger partial charge on any atom is 0.257 e. The van der Waals surface area contributed by atoms with E-state index in [2.05, 4.69) is 15.9 Å². The molecule has 98 valence electrons. The van der Waals surface area contributed by atoms with E-state index in [0.29, 0.717) is 18.0 Å². The lowest BCUT2D eigenvalue weighted by molar-refractivity contribution is 0.0715. The van der Waals surface area contributed by atoms with Gasteiger partial charge in [-0.15, -0.1) is 0 Å². The highest BCUT2D eigenvalue weighted by Gasteiger charge is 2.35. The Balaban J connectivity index is 2.21. The number of phenolic OH excluding ortho intramolecular Hbond substituents is 1. The van der Waals surface area contributed by atoms with Gasteiger partial charge in [-0.05, 0) is 37.0 Å². The van der Waals surface area contributed by atoms with E-state index in [1.54, 1.807) is 24.1 Å². The van der Waals surface area contributed by atoms with Gasteiger partial charge in [-0.25, -0.2) is 0 Å². The van der Waals surface area contributed by atoms with Crippen molar-refractivity contribution in [3.05, 3.63) is 28.2 Å². The SMILES string of the molecule is CN(C(=O)c1cc(Br)ccc1O)C(CN)C1CC1. The number of likely N-dealkylation sites (N-methyl/N-ethyl adjacent to an activating group) is 1. The number of hydrogen-bond acceptors (Lipinski definition) is 3. The van der Waals surface area contributed by atoms with E-state index in [-0.39, 0.29) is 17.7 Å². The number of phenols is 1. The number of carbonyl (C=O) groups excluding carboxylic acids is 1. The molecule has 1 aliphatic rings. The molecule has 0 aromatic heterocycles. The highest BCUT2D eigenvalue weighted by Crippen LogP contribution is 2.35. The van der Waals surface area contributed by atoms with Crippen molar-refractivity contribution >= 4 is 21.8 Å². The summed E-state index contributed by atoms with van der Waals surface area (Å²) in [5, 5.41) is 9.76. The van der Waals surface area contributed by atoms with E-state index < -0.39 is 0 Å². The highest BCUT2D eigenvalue weighted by atomic mass is 79.9. The molecule has 3 N–H and O–H groups in total. The smallest absolute Gasteiger partial charge is 0.257 e. The number of nitrogens with two attached hydrogens (primary N) is 1. The molecule has 1 amide bonds. The first kappa shape index (κ1) is 13.4. The quantitative estimate of drug-likeness (QED) is 0.893. The van der Waals surface area contributed by atoms with Gasteiger partial charge in [0.1, 0.15) is 5.75 Å². The van der Waals surface area contributed by atoms with Crippen LogP contribution in [0.4, 0.5) is 0 Å². The second-order valence-electron chi connectivity index (χ2n) is 4.72. The number of aromatic hydroxyl groups is 1. The molecule has 0 bridgehead atoms. The van der Waals surface area contributed by atoms with Gasteiger partial charge in [0.05, 0.1) is 5.56 Å². The standard InChI is InChI=1S/C13H17BrN2O2/c1-16(11(7-15)8-2-3-8)13(18)10-6-9(14)4-5-12(10)17/h4-6,8,11,17H,2-3,7,15H2,1H3. The van der Waals surface area contributed by atoms with Gasteiger partial charge < -0.3 is 15.7 Å². The van der Waals surface area contributed by atoms with Gasteiger partial charge in [0.2, 0.25) is 0 Å². The fraction of sp³-hybridized carbons (Fsp3) is 0.462. The zero-order chi connectivity index (χ0) is 13.3. The third kappa shape index (κ3) is 2.67. The fourth-order valence-corrected chi connectivity index (χ4v) is 2.53. The molecule has 0 saturated heterocycles. The van der Waals surface area contributed by atoms with E-state index in [0.717, 1.165) is 17.3 Å². The van der Waals surface area contributed by atoms with Crippen LogP contribution in [0, 0.1) is 5.92 Å². The van der Waals surface area contributed by atoms with E-state index in [4.69, 9.17) is 5.73 Å². The molecule has 1 aliphatic carbocycles. The van der Waals surface area contributed by atoms with Gasteiger partial charge >= 0.3 is 0 Å². The van der Waals surface area contributed by atoms with Gasteiger partial charge in [-0.1, -0.05) is 15.9 Å². The van der Waals surface area contributed by atoms with Gasteiger partial charge in [0.25, 0.3) is 5.91 Å². The number of carbonyl (C=O) groups is 1. The minimum Gasteiger partial charge on any atom is -0.507 e. The normalized spacial score (nSPS) is 16.4. The predicted molar refractivity (Wildman–Crippen MR) is 73.5 cm³/mol. The molecule has 1 saturated carbocycles. The maximum atomic E-state index is 12.3. The summed E-state index contributed by atoms with van der Waals surface area (Å²) in [5.74, 6) is 0.330. The molecule has 1 aromatic rings. The summed E-state index contributed by atoms with van der Waals surface area (Å²) in [6.07, 6.45) is 2.26. The van der Waals surface area contributed by atoms with Gasteiger partial charge in [0.15, 0.2) is 0 Å². The molecule has 1 unspecified atom stereocenters. The number of rotatable bonds is 4. The molecule has 1 fully saturated rings. The number of benzene rings is 1. The average Bonchev–Trinajstić information content (AvgIpc) is 3.16. The van der Waals surface area contributed by atoms with Crippen molar-refractivity contribution in [2.24, 2.45) is 11.7 Å². The first-order valence-electron chi connectivity index (χ1n) is 6.00. The van der Waals surface area contributed by atoms with Crippen molar-refractivity contribution in [3.8, 4) is 5.75 Å². The van der Waals surface area contributed by atoms with Crippen LogP contribution in [0.5, 0.6) is 5.75 Å². The molecule has 0 spiro atoms. The Hall–Kier alpha value is -1.07. The maximum absolute atomic E-state index is 12.3. The van der Waals surface area contributed by atoms with Crippen molar-refractivity contribution in [2.45, 2.75) is 18.9 Å². The van der Waals surface area contributed by atoms with Gasteiger partial charge in [0, 0.05) is 24.1 Å². The minimum atomic E-state index is -0.184. The monoisotopic (exact) mass is 312 g/mol. The van der Waals surface area contributed by atoms with Crippen molar-refractivity contribution in [1.29, 1.82) is 0 Å². The van der Waals surface area contributed by atoms with Crippen LogP contribution < -0.4 is 5.73 Å². The predicted octanol–water partition coefficient (Wildman–Crippen LogP) is 1.96. The van der Waals surface area contributed by atoms with Gasteiger partial charge in [-0.3, -0.25) is 4.79 Å². The summed E-state index contributed by atoms with van der Waals surface area (Å²) in [6.45, 7) is 0.460. The third-order valence-corrected chi connectivity index (χ3v) is 3.91. The third-order valence-electron chi connectivity index (χ3n) is 3.41. The van der Waals surface area contributed by atoms with E-state index in [1.807, 2.05) is 0 Å². The number of halogens is 1. The highest BCUT2D eigenvalue weighted by molar-refractivity contribution is 9.10. The Labute approximate surface area is 115 Å². The summed E-state index contributed by atoms with van der Waals surface area (Å²) in [7, 11) is 1.75. The topological polar surface area (TPSA) is 66.6 Å². The summed E-state index contributed by atoms with van der Waals surface area (Å²) in [5.41, 5.74) is 6.04.